The van der Waals surface area contributed by atoms with Gasteiger partial charge >= 0.3 is 0 Å². The first kappa shape index (κ1) is 5.75. The molecule has 0 bridgehead atoms. The molecule has 0 amide bonds. The molecule has 0 saturated heterocycles. The zero-order valence-corrected chi connectivity index (χ0v) is 6.50. The Labute approximate surface area is 63.5 Å². The van der Waals surface area contributed by atoms with Crippen LogP contribution in [-0.2, 0) is 0 Å². The van der Waals surface area contributed by atoms with Crippen molar-refractivity contribution < 1.29 is 0 Å². The van der Waals surface area contributed by atoms with E-state index in [-0.39, 0.29) is 0 Å². The lowest BCUT2D eigenvalue weighted by Gasteiger charge is -1.88. The van der Waals surface area contributed by atoms with Crippen molar-refractivity contribution in [1.82, 2.24) is 0 Å². The van der Waals surface area contributed by atoms with Gasteiger partial charge in [0.25, 0.3) is 0 Å². The highest BCUT2D eigenvalue weighted by molar-refractivity contribution is 7.14. The summed E-state index contributed by atoms with van der Waals surface area (Å²) in [6.07, 6.45) is 2.69. The molecule has 1 aromatic heterocycles. The third-order valence-electron chi connectivity index (χ3n) is 1.66. The number of thiophene rings is 1. The number of rotatable bonds is 1. The number of halogens is 1. The highest BCUT2D eigenvalue weighted by Gasteiger charge is 2.25. The van der Waals surface area contributed by atoms with Crippen molar-refractivity contribution in [3.8, 4) is 0 Å². The maximum absolute atomic E-state index is 5.89. The molecule has 1 aromatic rings. The maximum Gasteiger partial charge on any atom is 0.0963 e. The Morgan fingerprint density at radius 1 is 1.56 bits per heavy atom. The van der Waals surface area contributed by atoms with Crippen molar-refractivity contribution >= 4 is 22.9 Å². The van der Waals surface area contributed by atoms with Crippen molar-refractivity contribution in [3.63, 3.8) is 0 Å². The number of hydrogen-bond acceptors (Lipinski definition) is 1. The van der Waals surface area contributed by atoms with E-state index in [0.717, 1.165) is 10.3 Å². The Balaban J connectivity index is 2.35. The highest BCUT2D eigenvalue weighted by atomic mass is 35.5. The zero-order chi connectivity index (χ0) is 6.27. The third-order valence-corrected chi connectivity index (χ3v) is 2.86. The Kier molecular flexibility index (Phi) is 1.27. The fraction of sp³-hybridized carbons (Fsp3) is 0.429. The van der Waals surface area contributed by atoms with Gasteiger partial charge in [0.05, 0.1) is 4.34 Å². The summed E-state index contributed by atoms with van der Waals surface area (Å²) in [5.74, 6) is 0.809. The summed E-state index contributed by atoms with van der Waals surface area (Å²) < 4.78 is 0.998. The summed E-state index contributed by atoms with van der Waals surface area (Å²) in [6.45, 7) is 0. The average molecular weight is 159 g/mol. The molecule has 0 spiro atoms. The van der Waals surface area contributed by atoms with Crippen LogP contribution in [0.15, 0.2) is 11.4 Å². The monoisotopic (exact) mass is 158 g/mol. The Bertz CT molecular complexity index is 212. The van der Waals surface area contributed by atoms with Crippen LogP contribution in [0.3, 0.4) is 0 Å². The van der Waals surface area contributed by atoms with Crippen LogP contribution in [0, 0.1) is 0 Å². The quantitative estimate of drug-likeness (QED) is 0.589. The van der Waals surface area contributed by atoms with E-state index in [0.29, 0.717) is 0 Å². The fourth-order valence-corrected chi connectivity index (χ4v) is 2.07. The van der Waals surface area contributed by atoms with Gasteiger partial charge in [-0.25, -0.2) is 0 Å². The van der Waals surface area contributed by atoms with Crippen LogP contribution >= 0.6 is 22.9 Å². The average Bonchev–Trinajstić information content (AvgIpc) is 2.58. The number of hydrogen-bond donors (Lipinski definition) is 0. The molecule has 0 N–H and O–H groups in total. The third kappa shape index (κ3) is 0.993. The first-order chi connectivity index (χ1) is 4.38. The molecule has 0 aliphatic heterocycles. The van der Waals surface area contributed by atoms with Crippen molar-refractivity contribution in [2.75, 3.05) is 0 Å². The molecule has 48 valence electrons. The molecule has 1 aliphatic carbocycles. The molecular weight excluding hydrogens is 152 g/mol. The molecule has 0 aromatic carbocycles. The van der Waals surface area contributed by atoms with E-state index in [2.05, 4.69) is 11.4 Å². The summed E-state index contributed by atoms with van der Waals surface area (Å²) in [4.78, 5) is 0. The molecule has 2 heteroatoms. The van der Waals surface area contributed by atoms with Crippen LogP contribution in [0.25, 0.3) is 0 Å². The van der Waals surface area contributed by atoms with E-state index in [9.17, 15) is 0 Å². The van der Waals surface area contributed by atoms with Crippen molar-refractivity contribution in [1.29, 1.82) is 0 Å². The standard InChI is InChI=1S/C7H7ClS/c8-7-6(3-4-9-7)5-1-2-5/h3-5H,1-2H2. The lowest BCUT2D eigenvalue weighted by molar-refractivity contribution is 1.15. The van der Waals surface area contributed by atoms with Gasteiger partial charge in [0.15, 0.2) is 0 Å². The van der Waals surface area contributed by atoms with Crippen LogP contribution in [0.2, 0.25) is 4.34 Å². The summed E-state index contributed by atoms with van der Waals surface area (Å²) in [5.41, 5.74) is 1.38. The van der Waals surface area contributed by atoms with Gasteiger partial charge in [-0.15, -0.1) is 11.3 Å². The summed E-state index contributed by atoms with van der Waals surface area (Å²) in [6, 6.07) is 2.14. The first-order valence-corrected chi connectivity index (χ1v) is 4.36. The predicted molar refractivity (Wildman–Crippen MR) is 41.3 cm³/mol. The van der Waals surface area contributed by atoms with E-state index >= 15 is 0 Å². The maximum atomic E-state index is 5.89. The van der Waals surface area contributed by atoms with Gasteiger partial charge in [-0.05, 0) is 35.8 Å². The van der Waals surface area contributed by atoms with Crippen molar-refractivity contribution in [2.45, 2.75) is 18.8 Å². The molecule has 2 rings (SSSR count). The molecule has 0 unspecified atom stereocenters. The SMILES string of the molecule is Clc1sccc1C1CC1. The highest BCUT2D eigenvalue weighted by Crippen LogP contribution is 2.44. The van der Waals surface area contributed by atoms with Gasteiger partial charge < -0.3 is 0 Å². The van der Waals surface area contributed by atoms with E-state index in [4.69, 9.17) is 11.6 Å². The van der Waals surface area contributed by atoms with E-state index in [1.807, 2.05) is 0 Å². The molecule has 1 fully saturated rings. The van der Waals surface area contributed by atoms with E-state index in [1.165, 1.54) is 18.4 Å². The summed E-state index contributed by atoms with van der Waals surface area (Å²) >= 11 is 7.53. The summed E-state index contributed by atoms with van der Waals surface area (Å²) in [7, 11) is 0. The second-order valence-electron chi connectivity index (χ2n) is 2.42. The van der Waals surface area contributed by atoms with Gasteiger partial charge in [0.2, 0.25) is 0 Å². The topological polar surface area (TPSA) is 0 Å². The zero-order valence-electron chi connectivity index (χ0n) is 4.93. The van der Waals surface area contributed by atoms with Gasteiger partial charge in [0.1, 0.15) is 0 Å². The minimum atomic E-state index is 0.809. The molecular formula is C7H7ClS. The van der Waals surface area contributed by atoms with Crippen LogP contribution in [-0.4, -0.2) is 0 Å². The predicted octanol–water partition coefficient (Wildman–Crippen LogP) is 3.28. The van der Waals surface area contributed by atoms with Crippen LogP contribution in [0.5, 0.6) is 0 Å². The Hall–Kier alpha value is -0.0100. The fourth-order valence-electron chi connectivity index (χ4n) is 0.992. The van der Waals surface area contributed by atoms with Gasteiger partial charge in [-0.1, -0.05) is 11.6 Å². The molecule has 0 atom stereocenters. The van der Waals surface area contributed by atoms with Crippen molar-refractivity contribution in [3.05, 3.63) is 21.3 Å². The Morgan fingerprint density at radius 3 is 2.78 bits per heavy atom. The smallest absolute Gasteiger partial charge is 0.0963 e. The molecule has 0 nitrogen and oxygen atoms in total. The molecule has 1 aliphatic rings. The van der Waals surface area contributed by atoms with Crippen LogP contribution in [0.1, 0.15) is 24.3 Å². The Morgan fingerprint density at radius 2 is 2.33 bits per heavy atom. The summed E-state index contributed by atoms with van der Waals surface area (Å²) in [5, 5.41) is 2.07. The molecule has 9 heavy (non-hydrogen) atoms. The second-order valence-corrected chi connectivity index (χ2v) is 3.94. The first-order valence-electron chi connectivity index (χ1n) is 3.11. The lowest BCUT2D eigenvalue weighted by Crippen LogP contribution is -1.69. The second kappa shape index (κ2) is 1.99. The molecule has 0 radical (unpaired) electrons. The normalized spacial score (nSPS) is 18.3. The van der Waals surface area contributed by atoms with Gasteiger partial charge in [0, 0.05) is 0 Å². The van der Waals surface area contributed by atoms with Crippen molar-refractivity contribution in [2.24, 2.45) is 0 Å². The van der Waals surface area contributed by atoms with Crippen LogP contribution in [0.4, 0.5) is 0 Å². The minimum Gasteiger partial charge on any atom is -0.132 e. The van der Waals surface area contributed by atoms with Gasteiger partial charge in [-0.3, -0.25) is 0 Å². The minimum absolute atomic E-state index is 0.809. The van der Waals surface area contributed by atoms with Gasteiger partial charge in [-0.2, -0.15) is 0 Å². The van der Waals surface area contributed by atoms with E-state index < -0.39 is 0 Å². The molecule has 1 heterocycles. The van der Waals surface area contributed by atoms with Crippen LogP contribution < -0.4 is 0 Å². The van der Waals surface area contributed by atoms with E-state index in [1.54, 1.807) is 11.3 Å². The molecule has 1 saturated carbocycles. The largest absolute Gasteiger partial charge is 0.132 e. The lowest BCUT2D eigenvalue weighted by atomic mass is 10.2.